The van der Waals surface area contributed by atoms with Gasteiger partial charge in [0.2, 0.25) is 0 Å². The number of methoxy groups -OCH3 is 3. The maximum Gasteiger partial charge on any atom is 0.339 e. The minimum atomic E-state index is -0.511. The van der Waals surface area contributed by atoms with Gasteiger partial charge in [0.05, 0.1) is 32.6 Å². The van der Waals surface area contributed by atoms with Crippen molar-refractivity contribution in [2.45, 2.75) is 0 Å². The molecule has 38 heavy (non-hydrogen) atoms. The van der Waals surface area contributed by atoms with Crippen LogP contribution in [0.1, 0.15) is 10.4 Å². The van der Waals surface area contributed by atoms with E-state index < -0.39 is 5.97 Å². The lowest BCUT2D eigenvalue weighted by Crippen LogP contribution is -2.50. The number of urea groups is 1. The SMILES string of the molecule is COC(=O)c1ccccc1NC(=O)N1CCN(c2c(-c3ccc(OC)c(OC)c3)cnc3ncnn23)CC1. The fourth-order valence-electron chi connectivity index (χ4n) is 4.47. The van der Waals surface area contributed by atoms with Crippen molar-refractivity contribution in [1.82, 2.24) is 24.5 Å². The normalized spacial score (nSPS) is 13.3. The van der Waals surface area contributed by atoms with Gasteiger partial charge >= 0.3 is 12.0 Å². The molecular formula is C26H27N7O5. The largest absolute Gasteiger partial charge is 0.493 e. The summed E-state index contributed by atoms with van der Waals surface area (Å²) in [5.74, 6) is 2.01. The van der Waals surface area contributed by atoms with E-state index in [2.05, 4.69) is 25.3 Å². The number of ether oxygens (including phenoxy) is 3. The topological polar surface area (TPSA) is 123 Å². The molecule has 2 aromatic carbocycles. The number of para-hydroxylation sites is 1. The Morgan fingerprint density at radius 2 is 1.68 bits per heavy atom. The summed E-state index contributed by atoms with van der Waals surface area (Å²) in [5, 5.41) is 7.25. The van der Waals surface area contributed by atoms with Crippen molar-refractivity contribution in [3.63, 3.8) is 0 Å². The van der Waals surface area contributed by atoms with Crippen LogP contribution in [0.5, 0.6) is 11.5 Å². The summed E-state index contributed by atoms with van der Waals surface area (Å²) in [6, 6.07) is 12.1. The number of fused-ring (bicyclic) bond motifs is 1. The second-order valence-corrected chi connectivity index (χ2v) is 8.48. The van der Waals surface area contributed by atoms with E-state index >= 15 is 0 Å². The van der Waals surface area contributed by atoms with Gasteiger partial charge < -0.3 is 29.3 Å². The minimum absolute atomic E-state index is 0.290. The lowest BCUT2D eigenvalue weighted by molar-refractivity contribution is 0.0602. The maximum atomic E-state index is 13.0. The summed E-state index contributed by atoms with van der Waals surface area (Å²) in [7, 11) is 4.49. The number of carbonyl (C=O) groups excluding carboxylic acids is 2. The van der Waals surface area contributed by atoms with Gasteiger partial charge in [0.1, 0.15) is 12.1 Å². The fraction of sp³-hybridized carbons (Fsp3) is 0.269. The highest BCUT2D eigenvalue weighted by Crippen LogP contribution is 2.36. The molecular weight excluding hydrogens is 490 g/mol. The fourth-order valence-corrected chi connectivity index (χ4v) is 4.47. The first-order valence-corrected chi connectivity index (χ1v) is 11.9. The van der Waals surface area contributed by atoms with Crippen molar-refractivity contribution in [1.29, 1.82) is 0 Å². The molecule has 1 aliphatic heterocycles. The van der Waals surface area contributed by atoms with Crippen LogP contribution in [0.3, 0.4) is 0 Å². The highest BCUT2D eigenvalue weighted by molar-refractivity contribution is 6.00. The van der Waals surface area contributed by atoms with Crippen molar-refractivity contribution >= 4 is 29.3 Å². The van der Waals surface area contributed by atoms with Crippen molar-refractivity contribution in [2.75, 3.05) is 57.7 Å². The second kappa shape index (κ2) is 10.6. The number of nitrogens with one attached hydrogen (secondary N) is 1. The van der Waals surface area contributed by atoms with Gasteiger partial charge in [-0.3, -0.25) is 0 Å². The lowest BCUT2D eigenvalue weighted by Gasteiger charge is -2.36. The molecule has 0 saturated carbocycles. The quantitative estimate of drug-likeness (QED) is 0.385. The number of piperazine rings is 1. The van der Waals surface area contributed by atoms with Crippen LogP contribution in [0.4, 0.5) is 16.3 Å². The predicted octanol–water partition coefficient (Wildman–Crippen LogP) is 2.95. The molecule has 12 heteroatoms. The second-order valence-electron chi connectivity index (χ2n) is 8.48. The van der Waals surface area contributed by atoms with Crippen LogP contribution in [0.25, 0.3) is 16.9 Å². The molecule has 2 amide bonds. The first-order valence-electron chi connectivity index (χ1n) is 11.9. The molecule has 0 bridgehead atoms. The monoisotopic (exact) mass is 517 g/mol. The van der Waals surface area contributed by atoms with Crippen LogP contribution in [-0.4, -0.2) is 84.0 Å². The summed E-state index contributed by atoms with van der Waals surface area (Å²) in [6.45, 7) is 2.00. The van der Waals surface area contributed by atoms with Gasteiger partial charge in [-0.05, 0) is 29.8 Å². The molecule has 2 aromatic heterocycles. The van der Waals surface area contributed by atoms with E-state index in [4.69, 9.17) is 14.2 Å². The third-order valence-corrected chi connectivity index (χ3v) is 6.42. The summed E-state index contributed by atoms with van der Waals surface area (Å²) in [6.07, 6.45) is 3.23. The van der Waals surface area contributed by atoms with E-state index in [1.165, 1.54) is 13.4 Å². The number of aromatic nitrogens is 4. The number of hydrogen-bond acceptors (Lipinski definition) is 9. The smallest absolute Gasteiger partial charge is 0.339 e. The van der Waals surface area contributed by atoms with Gasteiger partial charge in [-0.1, -0.05) is 18.2 Å². The number of anilines is 2. The summed E-state index contributed by atoms with van der Waals surface area (Å²) >= 11 is 0. The van der Waals surface area contributed by atoms with E-state index in [0.29, 0.717) is 54.7 Å². The molecule has 12 nitrogen and oxygen atoms in total. The van der Waals surface area contributed by atoms with Crippen LogP contribution in [0.15, 0.2) is 55.0 Å². The molecule has 196 valence electrons. The molecule has 0 unspecified atom stereocenters. The molecule has 1 fully saturated rings. The number of benzene rings is 2. The van der Waals surface area contributed by atoms with Crippen molar-refractivity contribution in [3.05, 3.63) is 60.6 Å². The van der Waals surface area contributed by atoms with Crippen molar-refractivity contribution < 1.29 is 23.8 Å². The number of carbonyl (C=O) groups is 2. The van der Waals surface area contributed by atoms with Crippen LogP contribution in [-0.2, 0) is 4.74 Å². The Balaban J connectivity index is 1.38. The highest BCUT2D eigenvalue weighted by atomic mass is 16.5. The zero-order chi connectivity index (χ0) is 26.6. The predicted molar refractivity (Wildman–Crippen MR) is 140 cm³/mol. The van der Waals surface area contributed by atoms with Crippen molar-refractivity contribution in [3.8, 4) is 22.6 Å². The van der Waals surface area contributed by atoms with Gasteiger partial charge in [0.15, 0.2) is 11.5 Å². The number of rotatable bonds is 6. The van der Waals surface area contributed by atoms with Gasteiger partial charge in [0, 0.05) is 37.9 Å². The third kappa shape index (κ3) is 4.63. The van der Waals surface area contributed by atoms with Gasteiger partial charge in [-0.25, -0.2) is 14.6 Å². The number of nitrogens with zero attached hydrogens (tertiary/aromatic N) is 6. The number of amides is 2. The minimum Gasteiger partial charge on any atom is -0.493 e. The van der Waals surface area contributed by atoms with Crippen molar-refractivity contribution in [2.24, 2.45) is 0 Å². The molecule has 0 atom stereocenters. The first-order chi connectivity index (χ1) is 18.5. The van der Waals surface area contributed by atoms with E-state index in [1.54, 1.807) is 54.1 Å². The highest BCUT2D eigenvalue weighted by Gasteiger charge is 2.27. The Bertz CT molecular complexity index is 1480. The van der Waals surface area contributed by atoms with Gasteiger partial charge in [0.25, 0.3) is 5.78 Å². The Hall–Kier alpha value is -4.87. The van der Waals surface area contributed by atoms with Gasteiger partial charge in [-0.15, -0.1) is 0 Å². The maximum absolute atomic E-state index is 13.0. The molecule has 0 spiro atoms. The molecule has 1 N–H and O–H groups in total. The summed E-state index contributed by atoms with van der Waals surface area (Å²) in [5.41, 5.74) is 2.42. The molecule has 1 aliphatic rings. The van der Waals surface area contributed by atoms with E-state index in [-0.39, 0.29) is 6.03 Å². The van der Waals surface area contributed by atoms with Gasteiger partial charge in [-0.2, -0.15) is 14.6 Å². The molecule has 3 heterocycles. The Morgan fingerprint density at radius 1 is 0.921 bits per heavy atom. The van der Waals surface area contributed by atoms with E-state index in [0.717, 1.165) is 16.9 Å². The zero-order valence-corrected chi connectivity index (χ0v) is 21.2. The standard InChI is InChI=1S/C26H27N7O5/c1-36-21-9-8-17(14-22(21)37-2)19-15-27-25-28-16-29-33(25)23(19)31-10-12-32(13-11-31)26(35)30-20-7-5-4-6-18(20)24(34)38-3/h4-9,14-16H,10-13H2,1-3H3,(H,30,35). The average molecular weight is 518 g/mol. The van der Waals surface area contributed by atoms with Crippen LogP contribution < -0.4 is 19.7 Å². The molecule has 4 aromatic rings. The summed E-state index contributed by atoms with van der Waals surface area (Å²) in [4.78, 5) is 37.7. The third-order valence-electron chi connectivity index (χ3n) is 6.42. The number of hydrogen-bond donors (Lipinski definition) is 1. The Labute approximate surface area is 218 Å². The number of esters is 1. The molecule has 5 rings (SSSR count). The Morgan fingerprint density at radius 3 is 2.42 bits per heavy atom. The van der Waals surface area contributed by atoms with Crippen LogP contribution >= 0.6 is 0 Å². The summed E-state index contributed by atoms with van der Waals surface area (Å²) < 4.78 is 17.4. The first kappa shape index (κ1) is 24.8. The molecule has 0 aliphatic carbocycles. The lowest BCUT2D eigenvalue weighted by atomic mass is 10.1. The van der Waals surface area contributed by atoms with Crippen LogP contribution in [0, 0.1) is 0 Å². The van der Waals surface area contributed by atoms with E-state index in [1.807, 2.05) is 18.2 Å². The average Bonchev–Trinajstić information content (AvgIpc) is 3.45. The van der Waals surface area contributed by atoms with Crippen LogP contribution in [0.2, 0.25) is 0 Å². The zero-order valence-electron chi connectivity index (χ0n) is 21.2. The molecule has 0 radical (unpaired) electrons. The molecule has 1 saturated heterocycles. The Kier molecular flexibility index (Phi) is 6.94. The van der Waals surface area contributed by atoms with E-state index in [9.17, 15) is 9.59 Å².